The number of rotatable bonds is 4. The Balaban J connectivity index is 3.68. The van der Waals surface area contributed by atoms with Crippen LogP contribution < -0.4 is 4.74 Å². The number of nitrogens with zero attached hydrogens (tertiary/aromatic N) is 2. The van der Waals surface area contributed by atoms with Gasteiger partial charge in [0, 0.05) is 16.7 Å². The minimum Gasteiger partial charge on any atom is -0.401 e. The molecule has 1 aromatic heterocycles. The summed E-state index contributed by atoms with van der Waals surface area (Å²) in [4.78, 5) is 10.1. The second kappa shape index (κ2) is 5.55. The topological polar surface area (TPSA) is 99.4 Å². The molecule has 0 fully saturated rings. The maximum absolute atomic E-state index is 12.6. The quantitative estimate of drug-likeness (QED) is 0.356. The van der Waals surface area contributed by atoms with E-state index in [2.05, 4.69) is 9.72 Å². The molecule has 0 saturated heterocycles. The summed E-state index contributed by atoms with van der Waals surface area (Å²) in [5.41, 5.74) is -1.75. The van der Waals surface area contributed by atoms with Gasteiger partial charge in [0.05, 0.1) is 0 Å². The van der Waals surface area contributed by atoms with Crippen LogP contribution in [0.3, 0.4) is 0 Å². The first-order chi connectivity index (χ1) is 9.33. The van der Waals surface area contributed by atoms with Crippen molar-refractivity contribution in [1.29, 1.82) is 0 Å². The molecule has 0 bridgehead atoms. The van der Waals surface area contributed by atoms with Crippen LogP contribution in [0.1, 0.15) is 12.1 Å². The number of pyridine rings is 1. The fraction of sp³-hybridized carbons (Fsp3) is 0.286. The van der Waals surface area contributed by atoms with Gasteiger partial charge in [-0.05, 0) is 9.91 Å². The van der Waals surface area contributed by atoms with E-state index < -0.39 is 48.9 Å². The molecule has 0 spiro atoms. The van der Waals surface area contributed by atoms with Crippen LogP contribution in [0.15, 0.2) is 11.0 Å². The van der Waals surface area contributed by atoms with Crippen LogP contribution >= 0.6 is 10.7 Å². The molecule has 1 rings (SSSR count). The summed E-state index contributed by atoms with van der Waals surface area (Å²) in [5.74, 6) is -3.35. The number of hydrogen-bond acceptors (Lipinski definition) is 6. The number of hydrogen-bond donors (Lipinski definition) is 0. The second-order valence-corrected chi connectivity index (χ2v) is 5.77. The fourth-order valence-corrected chi connectivity index (χ4v) is 2.08. The summed E-state index contributed by atoms with van der Waals surface area (Å²) in [6.07, 6.45) is -9.14. The van der Waals surface area contributed by atoms with E-state index in [1.807, 2.05) is 0 Å². The summed E-state index contributed by atoms with van der Waals surface area (Å²) in [7, 11) is -0.137. The Hall–Kier alpha value is -1.76. The monoisotopic (exact) mass is 356 g/mol. The maximum Gasteiger partial charge on any atom is 0.573 e. The average molecular weight is 357 g/mol. The van der Waals surface area contributed by atoms with Crippen LogP contribution in [0.4, 0.5) is 27.8 Å². The first-order valence-corrected chi connectivity index (χ1v) is 6.81. The molecular weight excluding hydrogens is 355 g/mol. The molecule has 0 unspecified atom stereocenters. The molecular formula is C7H2ClF5N2O5S. The molecule has 1 aromatic rings. The van der Waals surface area contributed by atoms with Crippen molar-refractivity contribution in [1.82, 2.24) is 4.98 Å². The van der Waals surface area contributed by atoms with E-state index >= 15 is 0 Å². The molecule has 14 heteroatoms. The third-order valence-corrected chi connectivity index (χ3v) is 3.15. The highest BCUT2D eigenvalue weighted by Gasteiger charge is 2.39. The van der Waals surface area contributed by atoms with Gasteiger partial charge in [0.15, 0.2) is 10.6 Å². The van der Waals surface area contributed by atoms with Gasteiger partial charge in [-0.15, -0.1) is 13.2 Å². The Morgan fingerprint density at radius 1 is 1.38 bits per heavy atom. The molecule has 0 saturated carbocycles. The zero-order valence-corrected chi connectivity index (χ0v) is 10.8. The van der Waals surface area contributed by atoms with Gasteiger partial charge in [0.2, 0.25) is 0 Å². The number of halogens is 6. The third-order valence-electron chi connectivity index (χ3n) is 1.83. The van der Waals surface area contributed by atoms with Gasteiger partial charge < -0.3 is 14.9 Å². The zero-order chi connectivity index (χ0) is 16.6. The van der Waals surface area contributed by atoms with Gasteiger partial charge in [-0.25, -0.2) is 17.2 Å². The Morgan fingerprint density at radius 3 is 2.24 bits per heavy atom. The van der Waals surface area contributed by atoms with Crippen molar-refractivity contribution in [2.24, 2.45) is 0 Å². The lowest BCUT2D eigenvalue weighted by Crippen LogP contribution is -2.19. The molecule has 0 aliphatic rings. The molecule has 0 radical (unpaired) electrons. The molecule has 0 amide bonds. The lowest BCUT2D eigenvalue weighted by Gasteiger charge is -2.11. The van der Waals surface area contributed by atoms with Crippen molar-refractivity contribution in [3.8, 4) is 5.75 Å². The lowest BCUT2D eigenvalue weighted by atomic mass is 10.3. The first kappa shape index (κ1) is 17.3. The van der Waals surface area contributed by atoms with Gasteiger partial charge in [-0.2, -0.15) is 0 Å². The zero-order valence-electron chi connectivity index (χ0n) is 9.27. The number of ether oxygens (including phenoxy) is 1. The van der Waals surface area contributed by atoms with E-state index in [0.717, 1.165) is 0 Å². The van der Waals surface area contributed by atoms with Crippen LogP contribution in [0.2, 0.25) is 0 Å². The van der Waals surface area contributed by atoms with E-state index in [4.69, 9.17) is 10.7 Å². The standard InChI is InChI=1S/C7H2ClF5N2O5S/c8-21(18,19)3-1-2(20-7(11,12)13)4(5(9)10)14-6(3)15(16)17/h1,5H. The van der Waals surface area contributed by atoms with Gasteiger partial charge in [0.1, 0.15) is 0 Å². The Kier molecular flexibility index (Phi) is 4.57. The van der Waals surface area contributed by atoms with Gasteiger partial charge in [0.25, 0.3) is 14.7 Å². The lowest BCUT2D eigenvalue weighted by molar-refractivity contribution is -0.392. The third kappa shape index (κ3) is 4.35. The minimum atomic E-state index is -5.45. The molecule has 1 heterocycles. The Morgan fingerprint density at radius 2 is 1.90 bits per heavy atom. The van der Waals surface area contributed by atoms with Gasteiger partial charge in [-0.1, -0.05) is 0 Å². The van der Waals surface area contributed by atoms with E-state index in [1.54, 1.807) is 0 Å². The number of aromatic nitrogens is 1. The van der Waals surface area contributed by atoms with E-state index in [9.17, 15) is 40.5 Å². The van der Waals surface area contributed by atoms with Gasteiger partial charge >= 0.3 is 18.6 Å². The van der Waals surface area contributed by atoms with E-state index in [0.29, 0.717) is 0 Å². The smallest absolute Gasteiger partial charge is 0.401 e. The summed E-state index contributed by atoms with van der Waals surface area (Å²) in [5, 5.41) is 10.6. The number of nitro groups is 1. The van der Waals surface area contributed by atoms with Crippen LogP contribution in [0, 0.1) is 10.1 Å². The fourth-order valence-electron chi connectivity index (χ4n) is 1.15. The summed E-state index contributed by atoms with van der Waals surface area (Å²) in [6, 6.07) is -0.136. The molecule has 21 heavy (non-hydrogen) atoms. The largest absolute Gasteiger partial charge is 0.573 e. The minimum absolute atomic E-state index is 0.136. The molecule has 118 valence electrons. The van der Waals surface area contributed by atoms with Gasteiger partial charge in [-0.3, -0.25) is 0 Å². The summed E-state index contributed by atoms with van der Waals surface area (Å²) >= 11 is 0. The maximum atomic E-state index is 12.6. The van der Waals surface area contributed by atoms with Crippen LogP contribution in [0.5, 0.6) is 5.75 Å². The van der Waals surface area contributed by atoms with Crippen LogP contribution in [0.25, 0.3) is 0 Å². The van der Waals surface area contributed by atoms with E-state index in [1.165, 1.54) is 0 Å². The first-order valence-electron chi connectivity index (χ1n) is 4.51. The predicted molar refractivity (Wildman–Crippen MR) is 55.6 cm³/mol. The van der Waals surface area contributed by atoms with Crippen molar-refractivity contribution in [2.45, 2.75) is 17.7 Å². The second-order valence-electron chi connectivity index (χ2n) is 3.24. The molecule has 0 atom stereocenters. The van der Waals surface area contributed by atoms with Crippen molar-refractivity contribution >= 4 is 25.6 Å². The highest BCUT2D eigenvalue weighted by atomic mass is 35.7. The van der Waals surface area contributed by atoms with Crippen molar-refractivity contribution in [3.63, 3.8) is 0 Å². The highest BCUT2D eigenvalue weighted by Crippen LogP contribution is 2.37. The summed E-state index contributed by atoms with van der Waals surface area (Å²) in [6.45, 7) is 0. The molecule has 0 aliphatic heterocycles. The van der Waals surface area contributed by atoms with Crippen molar-refractivity contribution < 1.29 is 40.0 Å². The Labute approximate surface area is 116 Å². The SMILES string of the molecule is O=[N+]([O-])c1nc(C(F)F)c(OC(F)(F)F)cc1S(=O)(=O)Cl. The predicted octanol–water partition coefficient (Wildman–Crippen LogP) is 2.75. The van der Waals surface area contributed by atoms with Crippen LogP contribution in [-0.2, 0) is 9.05 Å². The van der Waals surface area contributed by atoms with Crippen molar-refractivity contribution in [3.05, 3.63) is 21.9 Å². The molecule has 0 aromatic carbocycles. The Bertz CT molecular complexity index is 677. The summed E-state index contributed by atoms with van der Waals surface area (Å²) < 4.78 is 86.6. The number of alkyl halides is 5. The average Bonchev–Trinajstić information content (AvgIpc) is 2.24. The molecule has 7 nitrogen and oxygen atoms in total. The van der Waals surface area contributed by atoms with Crippen LogP contribution in [-0.4, -0.2) is 24.7 Å². The molecule has 0 aliphatic carbocycles. The van der Waals surface area contributed by atoms with E-state index in [-0.39, 0.29) is 6.07 Å². The molecule has 0 N–H and O–H groups in total. The highest BCUT2D eigenvalue weighted by molar-refractivity contribution is 8.13. The van der Waals surface area contributed by atoms with Crippen molar-refractivity contribution in [2.75, 3.05) is 0 Å². The normalized spacial score (nSPS) is 12.5.